The van der Waals surface area contributed by atoms with E-state index in [1.165, 1.54) is 43.3 Å². The highest BCUT2D eigenvalue weighted by atomic mass is 19.4. The molecule has 0 spiro atoms. The molecule has 2 rings (SSSR count). The molecule has 8 heteroatoms. The van der Waals surface area contributed by atoms with Crippen molar-refractivity contribution in [1.82, 2.24) is 5.32 Å². The molecule has 0 aliphatic heterocycles. The van der Waals surface area contributed by atoms with Crippen LogP contribution in [0.25, 0.3) is 0 Å². The van der Waals surface area contributed by atoms with Crippen molar-refractivity contribution in [2.45, 2.75) is 25.7 Å². The van der Waals surface area contributed by atoms with E-state index in [9.17, 15) is 22.8 Å². The number of halogens is 3. The summed E-state index contributed by atoms with van der Waals surface area (Å²) in [7, 11) is 0. The van der Waals surface area contributed by atoms with Crippen LogP contribution in [0.3, 0.4) is 0 Å². The van der Waals surface area contributed by atoms with Gasteiger partial charge in [-0.25, -0.2) is 4.79 Å². The van der Waals surface area contributed by atoms with Gasteiger partial charge in [-0.3, -0.25) is 4.79 Å². The predicted molar refractivity (Wildman–Crippen MR) is 94.1 cm³/mol. The zero-order valence-electron chi connectivity index (χ0n) is 14.8. The fourth-order valence-electron chi connectivity index (χ4n) is 2.32. The Bertz CT molecular complexity index is 792. The Morgan fingerprint density at radius 3 is 2.11 bits per heavy atom. The van der Waals surface area contributed by atoms with Gasteiger partial charge >= 0.3 is 17.8 Å². The first-order chi connectivity index (χ1) is 12.7. The summed E-state index contributed by atoms with van der Waals surface area (Å²) in [4.78, 5) is 24.7. The lowest BCUT2D eigenvalue weighted by atomic mass is 10.1. The van der Waals surface area contributed by atoms with Gasteiger partial charge in [0.15, 0.2) is 0 Å². The number of alkyl halides is 3. The second-order valence-corrected chi connectivity index (χ2v) is 5.78. The van der Waals surface area contributed by atoms with Crippen LogP contribution in [0, 0.1) is 6.92 Å². The van der Waals surface area contributed by atoms with E-state index in [1.807, 2.05) is 0 Å². The summed E-state index contributed by atoms with van der Waals surface area (Å²) in [5.74, 6) is -2.72. The lowest BCUT2D eigenvalue weighted by molar-refractivity contribution is -0.204. The SMILES string of the molecule is CCOC(=O)C(NC(=O)c1ccccc1)(Nc1ccc(C)cc1)C(F)(F)F. The molecule has 27 heavy (non-hydrogen) atoms. The Kier molecular flexibility index (Phi) is 6.09. The molecule has 2 aromatic carbocycles. The number of carbonyl (C=O) groups is 2. The summed E-state index contributed by atoms with van der Waals surface area (Å²) in [6.07, 6.45) is -5.17. The van der Waals surface area contributed by atoms with Crippen molar-refractivity contribution >= 4 is 17.6 Å². The summed E-state index contributed by atoms with van der Waals surface area (Å²) < 4.78 is 46.7. The summed E-state index contributed by atoms with van der Waals surface area (Å²) >= 11 is 0. The van der Waals surface area contributed by atoms with Crippen LogP contribution < -0.4 is 10.6 Å². The summed E-state index contributed by atoms with van der Waals surface area (Å²) in [5, 5.41) is 3.90. The Hall–Kier alpha value is -3.03. The number of hydrogen-bond donors (Lipinski definition) is 2. The highest BCUT2D eigenvalue weighted by molar-refractivity contribution is 5.99. The first-order valence-electron chi connectivity index (χ1n) is 8.16. The minimum Gasteiger partial charge on any atom is -0.463 e. The number of carbonyl (C=O) groups excluding carboxylic acids is 2. The second-order valence-electron chi connectivity index (χ2n) is 5.78. The van der Waals surface area contributed by atoms with Crippen LogP contribution in [-0.2, 0) is 9.53 Å². The van der Waals surface area contributed by atoms with Gasteiger partial charge in [0.1, 0.15) is 0 Å². The van der Waals surface area contributed by atoms with Gasteiger partial charge in [-0.1, -0.05) is 35.9 Å². The van der Waals surface area contributed by atoms with Crippen LogP contribution in [0.1, 0.15) is 22.8 Å². The normalized spacial score (nSPS) is 13.4. The first-order valence-corrected chi connectivity index (χ1v) is 8.16. The van der Waals surface area contributed by atoms with Crippen molar-refractivity contribution in [2.24, 2.45) is 0 Å². The topological polar surface area (TPSA) is 67.4 Å². The maximum absolute atomic E-state index is 14.0. The van der Waals surface area contributed by atoms with Crippen molar-refractivity contribution in [1.29, 1.82) is 0 Å². The number of benzene rings is 2. The maximum Gasteiger partial charge on any atom is 0.441 e. The van der Waals surface area contributed by atoms with E-state index >= 15 is 0 Å². The van der Waals surface area contributed by atoms with Crippen LogP contribution in [0.4, 0.5) is 18.9 Å². The number of nitrogens with one attached hydrogen (secondary N) is 2. The lowest BCUT2D eigenvalue weighted by Crippen LogP contribution is -2.69. The second kappa shape index (κ2) is 8.11. The van der Waals surface area contributed by atoms with Crippen LogP contribution in [0.5, 0.6) is 0 Å². The molecule has 2 aromatic rings. The fraction of sp³-hybridized carbons (Fsp3) is 0.263. The molecule has 0 saturated heterocycles. The molecule has 1 atom stereocenters. The molecule has 0 aliphatic carbocycles. The molecule has 0 saturated carbocycles. The third-order valence-corrected chi connectivity index (χ3v) is 3.73. The maximum atomic E-state index is 14.0. The molecule has 2 N–H and O–H groups in total. The molecule has 5 nitrogen and oxygen atoms in total. The average molecular weight is 380 g/mol. The number of esters is 1. The van der Waals surface area contributed by atoms with Crippen molar-refractivity contribution in [2.75, 3.05) is 11.9 Å². The van der Waals surface area contributed by atoms with Gasteiger partial charge in [0, 0.05) is 11.3 Å². The van der Waals surface area contributed by atoms with Gasteiger partial charge in [0.25, 0.3) is 5.91 Å². The van der Waals surface area contributed by atoms with E-state index in [1.54, 1.807) is 30.4 Å². The molecule has 0 aliphatic rings. The molecule has 1 unspecified atom stereocenters. The first kappa shape index (κ1) is 20.3. The van der Waals surface area contributed by atoms with Crippen LogP contribution >= 0.6 is 0 Å². The average Bonchev–Trinajstić information content (AvgIpc) is 2.62. The molecule has 0 radical (unpaired) electrons. The van der Waals surface area contributed by atoms with E-state index in [-0.39, 0.29) is 17.9 Å². The standard InChI is InChI=1S/C19H19F3N2O3/c1-3-27-17(26)18(19(20,21)22,23-15-11-9-13(2)10-12-15)24-16(25)14-7-5-4-6-8-14/h4-12,23H,3H2,1-2H3,(H,24,25). The predicted octanol–water partition coefficient (Wildman–Crippen LogP) is 3.66. The summed E-state index contributed by atoms with van der Waals surface area (Å²) in [6, 6.07) is 13.2. The zero-order chi connectivity index (χ0) is 20.1. The number of amides is 1. The molecule has 0 aromatic heterocycles. The van der Waals surface area contributed by atoms with Gasteiger partial charge in [0.2, 0.25) is 0 Å². The Balaban J connectivity index is 2.48. The van der Waals surface area contributed by atoms with Crippen LogP contribution in [-0.4, -0.2) is 30.3 Å². The molecule has 0 fully saturated rings. The van der Waals surface area contributed by atoms with Crippen molar-refractivity contribution in [3.05, 3.63) is 65.7 Å². The number of rotatable bonds is 6. The van der Waals surface area contributed by atoms with E-state index in [2.05, 4.69) is 10.1 Å². The molecule has 0 heterocycles. The van der Waals surface area contributed by atoms with E-state index in [0.29, 0.717) is 0 Å². The Morgan fingerprint density at radius 2 is 1.59 bits per heavy atom. The smallest absolute Gasteiger partial charge is 0.441 e. The van der Waals surface area contributed by atoms with Gasteiger partial charge < -0.3 is 15.4 Å². The molecular weight excluding hydrogens is 361 g/mol. The number of ether oxygens (including phenoxy) is 1. The highest BCUT2D eigenvalue weighted by Crippen LogP contribution is 2.33. The van der Waals surface area contributed by atoms with Gasteiger partial charge in [0.05, 0.1) is 6.61 Å². The largest absolute Gasteiger partial charge is 0.463 e. The summed E-state index contributed by atoms with van der Waals surface area (Å²) in [6.45, 7) is 2.86. The van der Waals surface area contributed by atoms with E-state index in [0.717, 1.165) is 5.56 Å². The lowest BCUT2D eigenvalue weighted by Gasteiger charge is -2.35. The minimum atomic E-state index is -5.17. The number of aryl methyl sites for hydroxylation is 1. The molecule has 0 bridgehead atoms. The third-order valence-electron chi connectivity index (χ3n) is 3.73. The van der Waals surface area contributed by atoms with E-state index < -0.39 is 23.7 Å². The number of anilines is 1. The van der Waals surface area contributed by atoms with Gasteiger partial charge in [-0.05, 0) is 38.1 Å². The monoisotopic (exact) mass is 380 g/mol. The Labute approximate surface area is 154 Å². The van der Waals surface area contributed by atoms with Crippen molar-refractivity contribution < 1.29 is 27.5 Å². The van der Waals surface area contributed by atoms with E-state index in [4.69, 9.17) is 0 Å². The molecular formula is C19H19F3N2O3. The van der Waals surface area contributed by atoms with Crippen molar-refractivity contribution in [3.8, 4) is 0 Å². The molecule has 1 amide bonds. The number of hydrogen-bond acceptors (Lipinski definition) is 4. The van der Waals surface area contributed by atoms with Crippen LogP contribution in [0.15, 0.2) is 54.6 Å². The minimum absolute atomic E-state index is 0.000611. The van der Waals surface area contributed by atoms with Crippen molar-refractivity contribution in [3.63, 3.8) is 0 Å². The summed E-state index contributed by atoms with van der Waals surface area (Å²) in [5.41, 5.74) is -2.64. The Morgan fingerprint density at radius 1 is 1.00 bits per heavy atom. The zero-order valence-corrected chi connectivity index (χ0v) is 14.8. The third kappa shape index (κ3) is 4.58. The van der Waals surface area contributed by atoms with Gasteiger partial charge in [-0.15, -0.1) is 0 Å². The quantitative estimate of drug-likeness (QED) is 0.593. The van der Waals surface area contributed by atoms with Crippen LogP contribution in [0.2, 0.25) is 0 Å². The fourth-order valence-corrected chi connectivity index (χ4v) is 2.32. The highest BCUT2D eigenvalue weighted by Gasteiger charge is 2.63. The molecule has 144 valence electrons. The van der Waals surface area contributed by atoms with Gasteiger partial charge in [-0.2, -0.15) is 13.2 Å².